The van der Waals surface area contributed by atoms with Crippen molar-refractivity contribution in [3.05, 3.63) is 66.7 Å². The number of anilines is 1. The van der Waals surface area contributed by atoms with Gasteiger partial charge in [0.15, 0.2) is 6.61 Å². The lowest BCUT2D eigenvalue weighted by Gasteiger charge is -2.11. The average Bonchev–Trinajstić information content (AvgIpc) is 2.60. The van der Waals surface area contributed by atoms with Crippen molar-refractivity contribution < 1.29 is 27.4 Å². The Morgan fingerprint density at radius 1 is 0.923 bits per heavy atom. The number of hydrogen-bond donors (Lipinski definition) is 1. The molecule has 3 aromatic rings. The minimum atomic E-state index is -4.75. The van der Waals surface area contributed by atoms with Gasteiger partial charge in [-0.3, -0.25) is 4.79 Å². The van der Waals surface area contributed by atoms with Gasteiger partial charge in [0.2, 0.25) is 0 Å². The number of halogens is 3. The van der Waals surface area contributed by atoms with Crippen molar-refractivity contribution in [1.29, 1.82) is 0 Å². The summed E-state index contributed by atoms with van der Waals surface area (Å²) in [5.41, 5.74) is 0.339. The zero-order valence-electron chi connectivity index (χ0n) is 13.4. The summed E-state index contributed by atoms with van der Waals surface area (Å²) in [6.07, 6.45) is -4.75. The third-order valence-corrected chi connectivity index (χ3v) is 3.48. The molecular weight excluding hydrogens is 347 g/mol. The first-order valence-corrected chi connectivity index (χ1v) is 7.67. The second-order valence-corrected chi connectivity index (χ2v) is 5.39. The highest BCUT2D eigenvalue weighted by Gasteiger charge is 2.30. The third-order valence-electron chi connectivity index (χ3n) is 3.48. The molecule has 26 heavy (non-hydrogen) atoms. The average molecular weight is 361 g/mol. The van der Waals surface area contributed by atoms with Gasteiger partial charge in [0, 0.05) is 11.1 Å². The fraction of sp³-hybridized carbons (Fsp3) is 0.105. The van der Waals surface area contributed by atoms with Crippen LogP contribution in [0.3, 0.4) is 0 Å². The number of carbonyl (C=O) groups is 1. The first kappa shape index (κ1) is 17.6. The number of rotatable bonds is 5. The maximum atomic E-state index is 12.1. The van der Waals surface area contributed by atoms with Gasteiger partial charge in [-0.15, -0.1) is 13.2 Å². The monoisotopic (exact) mass is 361 g/mol. The summed E-state index contributed by atoms with van der Waals surface area (Å²) in [5.74, 6) is -0.211. The molecule has 0 atom stereocenters. The van der Waals surface area contributed by atoms with Crippen LogP contribution >= 0.6 is 0 Å². The van der Waals surface area contributed by atoms with E-state index in [-0.39, 0.29) is 12.4 Å². The molecule has 0 fully saturated rings. The fourth-order valence-corrected chi connectivity index (χ4v) is 2.40. The second kappa shape index (κ2) is 7.35. The van der Waals surface area contributed by atoms with Crippen LogP contribution in [0.5, 0.6) is 11.5 Å². The van der Waals surface area contributed by atoms with Crippen molar-refractivity contribution in [2.45, 2.75) is 6.36 Å². The first-order valence-electron chi connectivity index (χ1n) is 7.67. The largest absolute Gasteiger partial charge is 0.573 e. The van der Waals surface area contributed by atoms with Gasteiger partial charge < -0.3 is 14.8 Å². The van der Waals surface area contributed by atoms with Gasteiger partial charge in [-0.05, 0) is 35.7 Å². The molecule has 0 saturated heterocycles. The minimum absolute atomic E-state index is 0.227. The fourth-order valence-electron chi connectivity index (χ4n) is 2.40. The summed E-state index contributed by atoms with van der Waals surface area (Å²) in [6, 6.07) is 18.0. The van der Waals surface area contributed by atoms with Gasteiger partial charge in [-0.25, -0.2) is 0 Å². The van der Waals surface area contributed by atoms with Crippen molar-refractivity contribution in [3.63, 3.8) is 0 Å². The summed E-state index contributed by atoms with van der Waals surface area (Å²) >= 11 is 0. The third kappa shape index (κ3) is 4.66. The highest BCUT2D eigenvalue weighted by Crippen LogP contribution is 2.26. The highest BCUT2D eigenvalue weighted by molar-refractivity contribution is 5.93. The SMILES string of the molecule is O=C(COc1cccc2ccccc12)Nc1ccc(OC(F)(F)F)cc1. The number of nitrogens with one attached hydrogen (secondary N) is 1. The molecule has 0 aromatic heterocycles. The van der Waals surface area contributed by atoms with Crippen LogP contribution in [0.2, 0.25) is 0 Å². The summed E-state index contributed by atoms with van der Waals surface area (Å²) in [4.78, 5) is 12.0. The van der Waals surface area contributed by atoms with Crippen LogP contribution < -0.4 is 14.8 Å². The Balaban J connectivity index is 1.59. The minimum Gasteiger partial charge on any atom is -0.483 e. The van der Waals surface area contributed by atoms with Crippen LogP contribution in [0.15, 0.2) is 66.7 Å². The van der Waals surface area contributed by atoms with E-state index in [1.165, 1.54) is 12.1 Å². The predicted molar refractivity (Wildman–Crippen MR) is 91.2 cm³/mol. The van der Waals surface area contributed by atoms with Gasteiger partial charge in [-0.1, -0.05) is 36.4 Å². The Kier molecular flexibility index (Phi) is 4.97. The highest BCUT2D eigenvalue weighted by atomic mass is 19.4. The lowest BCUT2D eigenvalue weighted by Crippen LogP contribution is -2.20. The van der Waals surface area contributed by atoms with E-state index in [0.717, 1.165) is 22.9 Å². The summed E-state index contributed by atoms with van der Waals surface area (Å²) in [6.45, 7) is -0.227. The molecule has 0 radical (unpaired) electrons. The lowest BCUT2D eigenvalue weighted by molar-refractivity contribution is -0.274. The van der Waals surface area contributed by atoms with Crippen molar-refractivity contribution in [3.8, 4) is 11.5 Å². The normalized spacial score (nSPS) is 11.2. The van der Waals surface area contributed by atoms with Crippen molar-refractivity contribution in [2.75, 3.05) is 11.9 Å². The van der Waals surface area contributed by atoms with Gasteiger partial charge in [0.1, 0.15) is 11.5 Å². The lowest BCUT2D eigenvalue weighted by atomic mass is 10.1. The molecule has 3 aromatic carbocycles. The molecule has 0 heterocycles. The molecule has 0 bridgehead atoms. The number of ether oxygens (including phenoxy) is 2. The number of hydrogen-bond acceptors (Lipinski definition) is 3. The van der Waals surface area contributed by atoms with Crippen LogP contribution in [-0.4, -0.2) is 18.9 Å². The van der Waals surface area contributed by atoms with Crippen molar-refractivity contribution >= 4 is 22.4 Å². The molecule has 7 heteroatoms. The van der Waals surface area contributed by atoms with Crippen LogP contribution in [0, 0.1) is 0 Å². The molecule has 3 rings (SSSR count). The Morgan fingerprint density at radius 2 is 1.62 bits per heavy atom. The van der Waals surface area contributed by atoms with Gasteiger partial charge in [0.25, 0.3) is 5.91 Å². The van der Waals surface area contributed by atoms with Crippen LogP contribution in [0.1, 0.15) is 0 Å². The summed E-state index contributed by atoms with van der Waals surface area (Å²) in [5, 5.41) is 4.43. The Bertz CT molecular complexity index is 903. The van der Waals surface area contributed by atoms with Crippen molar-refractivity contribution in [1.82, 2.24) is 0 Å². The molecule has 0 spiro atoms. The van der Waals surface area contributed by atoms with E-state index in [2.05, 4.69) is 10.1 Å². The molecule has 1 amide bonds. The van der Waals surface area contributed by atoms with E-state index in [9.17, 15) is 18.0 Å². The smallest absolute Gasteiger partial charge is 0.483 e. The number of carbonyl (C=O) groups excluding carboxylic acids is 1. The molecule has 0 unspecified atom stereocenters. The molecular formula is C19H14F3NO3. The van der Waals surface area contributed by atoms with Gasteiger partial charge >= 0.3 is 6.36 Å². The second-order valence-electron chi connectivity index (χ2n) is 5.39. The molecule has 0 aliphatic carbocycles. The van der Waals surface area contributed by atoms with Gasteiger partial charge in [0.05, 0.1) is 0 Å². The number of alkyl halides is 3. The maximum Gasteiger partial charge on any atom is 0.573 e. The van der Waals surface area contributed by atoms with Crippen LogP contribution in [0.4, 0.5) is 18.9 Å². The zero-order valence-corrected chi connectivity index (χ0v) is 13.4. The predicted octanol–water partition coefficient (Wildman–Crippen LogP) is 4.76. The molecule has 134 valence electrons. The topological polar surface area (TPSA) is 47.6 Å². The quantitative estimate of drug-likeness (QED) is 0.713. The van der Waals surface area contributed by atoms with E-state index in [0.29, 0.717) is 11.4 Å². The van der Waals surface area contributed by atoms with E-state index in [1.54, 1.807) is 6.07 Å². The Hall–Kier alpha value is -3.22. The van der Waals surface area contributed by atoms with E-state index in [1.807, 2.05) is 36.4 Å². The first-order chi connectivity index (χ1) is 12.4. The molecule has 0 aliphatic heterocycles. The van der Waals surface area contributed by atoms with E-state index in [4.69, 9.17) is 4.74 Å². The summed E-state index contributed by atoms with van der Waals surface area (Å²) in [7, 11) is 0. The number of benzene rings is 3. The summed E-state index contributed by atoms with van der Waals surface area (Å²) < 4.78 is 45.7. The van der Waals surface area contributed by atoms with Gasteiger partial charge in [-0.2, -0.15) is 0 Å². The molecule has 0 saturated carbocycles. The number of amides is 1. The maximum absolute atomic E-state index is 12.1. The van der Waals surface area contributed by atoms with E-state index < -0.39 is 12.3 Å². The Morgan fingerprint density at radius 3 is 2.35 bits per heavy atom. The standard InChI is InChI=1S/C19H14F3NO3/c20-19(21,22)26-15-10-8-14(9-11-15)23-18(24)12-25-17-7-3-5-13-4-1-2-6-16(13)17/h1-11H,12H2,(H,23,24). The Labute approximate surface area is 147 Å². The molecule has 0 aliphatic rings. The zero-order chi connectivity index (χ0) is 18.6. The van der Waals surface area contributed by atoms with Crippen LogP contribution in [-0.2, 0) is 4.79 Å². The molecule has 1 N–H and O–H groups in total. The van der Waals surface area contributed by atoms with E-state index >= 15 is 0 Å². The van der Waals surface area contributed by atoms with Crippen LogP contribution in [0.25, 0.3) is 10.8 Å². The number of fused-ring (bicyclic) bond motifs is 1. The van der Waals surface area contributed by atoms with Crippen molar-refractivity contribution in [2.24, 2.45) is 0 Å². The molecule has 4 nitrogen and oxygen atoms in total.